The number of allylic oxidation sites excluding steroid dienone is 1. The van der Waals surface area contributed by atoms with Crippen LogP contribution in [0.4, 0.5) is 0 Å². The SMILES string of the molecule is Cc1cccc(C2=CC(=O)CC(C)(O)C2)c1. The predicted octanol–water partition coefficient (Wildman–Crippen LogP) is 2.49. The Kier molecular flexibility index (Phi) is 2.68. The maximum absolute atomic E-state index is 11.5. The molecule has 1 atom stereocenters. The van der Waals surface area contributed by atoms with Crippen molar-refractivity contribution in [3.8, 4) is 0 Å². The molecule has 2 heteroatoms. The molecule has 2 nitrogen and oxygen atoms in total. The summed E-state index contributed by atoms with van der Waals surface area (Å²) in [7, 11) is 0. The van der Waals surface area contributed by atoms with E-state index in [0.29, 0.717) is 6.42 Å². The van der Waals surface area contributed by atoms with E-state index in [0.717, 1.165) is 16.7 Å². The van der Waals surface area contributed by atoms with E-state index in [1.54, 1.807) is 13.0 Å². The van der Waals surface area contributed by atoms with Crippen LogP contribution in [0.15, 0.2) is 30.3 Å². The Labute approximate surface area is 95.6 Å². The first-order valence-corrected chi connectivity index (χ1v) is 5.49. The molecule has 1 aromatic carbocycles. The molecule has 0 aliphatic heterocycles. The molecule has 0 spiro atoms. The van der Waals surface area contributed by atoms with Gasteiger partial charge in [-0.1, -0.05) is 29.8 Å². The molecule has 0 heterocycles. The van der Waals surface area contributed by atoms with Crippen molar-refractivity contribution in [3.63, 3.8) is 0 Å². The Morgan fingerprint density at radius 3 is 2.69 bits per heavy atom. The molecule has 0 bridgehead atoms. The number of aryl methyl sites for hydroxylation is 1. The zero-order valence-corrected chi connectivity index (χ0v) is 9.66. The molecule has 1 unspecified atom stereocenters. The fraction of sp³-hybridized carbons (Fsp3) is 0.357. The summed E-state index contributed by atoms with van der Waals surface area (Å²) in [6.07, 6.45) is 2.43. The molecular formula is C14H16O2. The Morgan fingerprint density at radius 2 is 2.06 bits per heavy atom. The molecular weight excluding hydrogens is 200 g/mol. The lowest BCUT2D eigenvalue weighted by Crippen LogP contribution is -2.30. The zero-order chi connectivity index (χ0) is 11.8. The van der Waals surface area contributed by atoms with Gasteiger partial charge in [-0.05, 0) is 31.1 Å². The Bertz CT molecular complexity index is 456. The van der Waals surface area contributed by atoms with Gasteiger partial charge in [-0.2, -0.15) is 0 Å². The zero-order valence-electron chi connectivity index (χ0n) is 9.66. The summed E-state index contributed by atoms with van der Waals surface area (Å²) in [6.45, 7) is 3.74. The number of ketones is 1. The van der Waals surface area contributed by atoms with Crippen molar-refractivity contribution in [2.45, 2.75) is 32.3 Å². The van der Waals surface area contributed by atoms with Gasteiger partial charge in [-0.25, -0.2) is 0 Å². The van der Waals surface area contributed by atoms with Crippen molar-refractivity contribution < 1.29 is 9.90 Å². The van der Waals surface area contributed by atoms with Crippen molar-refractivity contribution in [3.05, 3.63) is 41.5 Å². The largest absolute Gasteiger partial charge is 0.389 e. The minimum Gasteiger partial charge on any atom is -0.389 e. The Hall–Kier alpha value is -1.41. The van der Waals surface area contributed by atoms with Gasteiger partial charge in [0.25, 0.3) is 0 Å². The van der Waals surface area contributed by atoms with Crippen LogP contribution in [-0.4, -0.2) is 16.5 Å². The van der Waals surface area contributed by atoms with Gasteiger partial charge in [0.1, 0.15) is 0 Å². The molecule has 84 valence electrons. The van der Waals surface area contributed by atoms with Gasteiger partial charge in [-0.3, -0.25) is 4.79 Å². The first-order chi connectivity index (χ1) is 7.46. The average Bonchev–Trinajstić information content (AvgIpc) is 2.14. The lowest BCUT2D eigenvalue weighted by Gasteiger charge is -2.27. The molecule has 0 fully saturated rings. The van der Waals surface area contributed by atoms with E-state index in [1.165, 1.54) is 0 Å². The monoisotopic (exact) mass is 216 g/mol. The third-order valence-electron chi connectivity index (χ3n) is 2.85. The van der Waals surface area contributed by atoms with Gasteiger partial charge in [0, 0.05) is 12.8 Å². The lowest BCUT2D eigenvalue weighted by atomic mass is 9.82. The van der Waals surface area contributed by atoms with Crippen LogP contribution in [0.1, 0.15) is 30.9 Å². The highest BCUT2D eigenvalue weighted by Crippen LogP contribution is 2.32. The number of carbonyl (C=O) groups is 1. The summed E-state index contributed by atoms with van der Waals surface area (Å²) >= 11 is 0. The summed E-state index contributed by atoms with van der Waals surface area (Å²) in [6, 6.07) is 8.01. The second-order valence-corrected chi connectivity index (χ2v) is 4.86. The van der Waals surface area contributed by atoms with Crippen molar-refractivity contribution in [2.75, 3.05) is 0 Å². The van der Waals surface area contributed by atoms with Gasteiger partial charge in [0.2, 0.25) is 0 Å². The highest BCUT2D eigenvalue weighted by atomic mass is 16.3. The number of aliphatic hydroxyl groups is 1. The van der Waals surface area contributed by atoms with Crippen molar-refractivity contribution in [2.24, 2.45) is 0 Å². The smallest absolute Gasteiger partial charge is 0.158 e. The standard InChI is InChI=1S/C14H16O2/c1-10-4-3-5-11(6-10)12-7-13(15)9-14(2,16)8-12/h3-7,16H,8-9H2,1-2H3. The normalized spacial score (nSPS) is 25.4. The third-order valence-corrected chi connectivity index (χ3v) is 2.85. The minimum atomic E-state index is -0.898. The maximum Gasteiger partial charge on any atom is 0.158 e. The molecule has 2 rings (SSSR count). The van der Waals surface area contributed by atoms with E-state index < -0.39 is 5.60 Å². The Morgan fingerprint density at radius 1 is 1.31 bits per heavy atom. The van der Waals surface area contributed by atoms with Gasteiger partial charge < -0.3 is 5.11 Å². The first kappa shape index (κ1) is 11.1. The predicted molar refractivity (Wildman–Crippen MR) is 64.0 cm³/mol. The van der Waals surface area contributed by atoms with Crippen molar-refractivity contribution >= 4 is 11.4 Å². The molecule has 1 aromatic rings. The van der Waals surface area contributed by atoms with E-state index in [2.05, 4.69) is 0 Å². The molecule has 0 radical (unpaired) electrons. The molecule has 0 saturated heterocycles. The topological polar surface area (TPSA) is 37.3 Å². The number of benzene rings is 1. The van der Waals surface area contributed by atoms with E-state index in [9.17, 15) is 9.90 Å². The van der Waals surface area contributed by atoms with Gasteiger partial charge in [0.15, 0.2) is 5.78 Å². The number of hydrogen-bond donors (Lipinski definition) is 1. The molecule has 0 saturated carbocycles. The fourth-order valence-electron chi connectivity index (χ4n) is 2.17. The fourth-order valence-corrected chi connectivity index (χ4v) is 2.17. The first-order valence-electron chi connectivity index (χ1n) is 5.49. The lowest BCUT2D eigenvalue weighted by molar-refractivity contribution is -0.119. The van der Waals surface area contributed by atoms with Crippen LogP contribution in [-0.2, 0) is 4.79 Å². The molecule has 0 aromatic heterocycles. The van der Waals surface area contributed by atoms with Crippen molar-refractivity contribution in [1.82, 2.24) is 0 Å². The summed E-state index contributed by atoms with van der Waals surface area (Å²) < 4.78 is 0. The van der Waals surface area contributed by atoms with Crippen LogP contribution in [0.3, 0.4) is 0 Å². The molecule has 1 aliphatic rings. The van der Waals surface area contributed by atoms with Crippen LogP contribution in [0.5, 0.6) is 0 Å². The molecule has 1 aliphatic carbocycles. The third kappa shape index (κ3) is 2.39. The summed E-state index contributed by atoms with van der Waals surface area (Å²) in [5.74, 6) is 0.00718. The highest BCUT2D eigenvalue weighted by molar-refractivity contribution is 5.99. The number of carbonyl (C=O) groups excluding carboxylic acids is 1. The van der Waals surface area contributed by atoms with E-state index >= 15 is 0 Å². The minimum absolute atomic E-state index is 0.00718. The van der Waals surface area contributed by atoms with Crippen LogP contribution in [0, 0.1) is 6.92 Å². The van der Waals surface area contributed by atoms with E-state index in [-0.39, 0.29) is 12.2 Å². The van der Waals surface area contributed by atoms with E-state index in [4.69, 9.17) is 0 Å². The summed E-state index contributed by atoms with van der Waals surface area (Å²) in [4.78, 5) is 11.5. The number of rotatable bonds is 1. The maximum atomic E-state index is 11.5. The van der Waals surface area contributed by atoms with Crippen molar-refractivity contribution in [1.29, 1.82) is 0 Å². The van der Waals surface area contributed by atoms with Crippen LogP contribution >= 0.6 is 0 Å². The van der Waals surface area contributed by atoms with Crippen LogP contribution in [0.2, 0.25) is 0 Å². The van der Waals surface area contributed by atoms with Crippen LogP contribution in [0.25, 0.3) is 5.57 Å². The Balaban J connectivity index is 2.38. The van der Waals surface area contributed by atoms with Gasteiger partial charge in [0.05, 0.1) is 5.60 Å². The quantitative estimate of drug-likeness (QED) is 0.783. The summed E-state index contributed by atoms with van der Waals surface area (Å²) in [5, 5.41) is 9.98. The molecule has 16 heavy (non-hydrogen) atoms. The second-order valence-electron chi connectivity index (χ2n) is 4.86. The van der Waals surface area contributed by atoms with E-state index in [1.807, 2.05) is 31.2 Å². The van der Waals surface area contributed by atoms with Gasteiger partial charge >= 0.3 is 0 Å². The molecule has 1 N–H and O–H groups in total. The second kappa shape index (κ2) is 3.87. The van der Waals surface area contributed by atoms with Crippen LogP contribution < -0.4 is 0 Å². The highest BCUT2D eigenvalue weighted by Gasteiger charge is 2.29. The van der Waals surface area contributed by atoms with Gasteiger partial charge in [-0.15, -0.1) is 0 Å². The summed E-state index contributed by atoms with van der Waals surface area (Å²) in [5.41, 5.74) is 2.24. The average molecular weight is 216 g/mol. The number of hydrogen-bond acceptors (Lipinski definition) is 2. The molecule has 0 amide bonds.